The van der Waals surface area contributed by atoms with Crippen molar-refractivity contribution in [2.45, 2.75) is 6.92 Å². The molecule has 96 valence electrons. The maximum atomic E-state index is 8.92. The van der Waals surface area contributed by atoms with E-state index in [1.165, 1.54) is 0 Å². The summed E-state index contributed by atoms with van der Waals surface area (Å²) in [6.45, 7) is 3.12. The SMILES string of the molecule is CCNc1nc(Cl)nc(N(CCO)CCO)n1. The van der Waals surface area contributed by atoms with Gasteiger partial charge in [-0.3, -0.25) is 0 Å². The van der Waals surface area contributed by atoms with Crippen molar-refractivity contribution in [2.24, 2.45) is 0 Å². The summed E-state index contributed by atoms with van der Waals surface area (Å²) >= 11 is 5.78. The summed E-state index contributed by atoms with van der Waals surface area (Å²) in [6, 6.07) is 0. The van der Waals surface area contributed by atoms with E-state index < -0.39 is 0 Å². The van der Waals surface area contributed by atoms with Gasteiger partial charge in [-0.25, -0.2) is 0 Å². The molecule has 0 radical (unpaired) electrons. The van der Waals surface area contributed by atoms with Crippen molar-refractivity contribution < 1.29 is 10.2 Å². The van der Waals surface area contributed by atoms with Gasteiger partial charge >= 0.3 is 0 Å². The number of halogens is 1. The standard InChI is InChI=1S/C9H16ClN5O2/c1-2-11-8-12-7(10)13-9(14-8)15(3-5-16)4-6-17/h16-17H,2-6H2,1H3,(H,11,12,13,14). The summed E-state index contributed by atoms with van der Waals surface area (Å²) in [7, 11) is 0. The van der Waals surface area contributed by atoms with Gasteiger partial charge < -0.3 is 20.4 Å². The number of rotatable bonds is 7. The van der Waals surface area contributed by atoms with Crippen LogP contribution in [0.15, 0.2) is 0 Å². The molecular formula is C9H16ClN5O2. The molecule has 7 nitrogen and oxygen atoms in total. The van der Waals surface area contributed by atoms with Crippen molar-refractivity contribution in [1.82, 2.24) is 15.0 Å². The smallest absolute Gasteiger partial charge is 0.231 e. The highest BCUT2D eigenvalue weighted by atomic mass is 35.5. The van der Waals surface area contributed by atoms with Crippen molar-refractivity contribution in [3.05, 3.63) is 5.28 Å². The van der Waals surface area contributed by atoms with Crippen LogP contribution >= 0.6 is 11.6 Å². The summed E-state index contributed by atoms with van der Waals surface area (Å²) in [5.74, 6) is 0.715. The number of aliphatic hydroxyl groups is 2. The normalized spacial score (nSPS) is 10.4. The zero-order valence-electron chi connectivity index (χ0n) is 9.60. The van der Waals surface area contributed by atoms with Crippen molar-refractivity contribution in [3.63, 3.8) is 0 Å². The van der Waals surface area contributed by atoms with Crippen molar-refractivity contribution in [3.8, 4) is 0 Å². The van der Waals surface area contributed by atoms with Gasteiger partial charge in [0.05, 0.1) is 13.2 Å². The van der Waals surface area contributed by atoms with E-state index in [2.05, 4.69) is 20.3 Å². The van der Waals surface area contributed by atoms with Crippen molar-refractivity contribution in [2.75, 3.05) is 43.1 Å². The molecule has 1 aromatic rings. The van der Waals surface area contributed by atoms with E-state index in [-0.39, 0.29) is 18.5 Å². The van der Waals surface area contributed by atoms with E-state index >= 15 is 0 Å². The monoisotopic (exact) mass is 261 g/mol. The molecule has 0 atom stereocenters. The third-order valence-electron chi connectivity index (χ3n) is 1.95. The number of anilines is 2. The molecule has 3 N–H and O–H groups in total. The van der Waals surface area contributed by atoms with E-state index in [0.717, 1.165) is 0 Å². The minimum Gasteiger partial charge on any atom is -0.395 e. The van der Waals surface area contributed by atoms with Gasteiger partial charge in [0.25, 0.3) is 0 Å². The van der Waals surface area contributed by atoms with Gasteiger partial charge in [0.2, 0.25) is 17.2 Å². The summed E-state index contributed by atoms with van der Waals surface area (Å²) in [4.78, 5) is 13.6. The topological polar surface area (TPSA) is 94.4 Å². The number of aromatic nitrogens is 3. The van der Waals surface area contributed by atoms with E-state index in [0.29, 0.717) is 31.5 Å². The Labute approximate surface area is 104 Å². The highest BCUT2D eigenvalue weighted by Gasteiger charge is 2.11. The van der Waals surface area contributed by atoms with Crippen molar-refractivity contribution >= 4 is 23.5 Å². The van der Waals surface area contributed by atoms with E-state index in [9.17, 15) is 0 Å². The fraction of sp³-hybridized carbons (Fsp3) is 0.667. The summed E-state index contributed by atoms with van der Waals surface area (Å²) in [5, 5.41) is 20.9. The van der Waals surface area contributed by atoms with Crippen LogP contribution in [0.3, 0.4) is 0 Å². The lowest BCUT2D eigenvalue weighted by molar-refractivity contribution is 0.280. The van der Waals surface area contributed by atoms with Gasteiger partial charge in [-0.2, -0.15) is 15.0 Å². The van der Waals surface area contributed by atoms with Gasteiger partial charge in [-0.15, -0.1) is 0 Å². The van der Waals surface area contributed by atoms with E-state index in [1.54, 1.807) is 4.90 Å². The number of aliphatic hydroxyl groups excluding tert-OH is 2. The molecule has 0 spiro atoms. The minimum absolute atomic E-state index is 0.0557. The Morgan fingerprint density at radius 3 is 2.35 bits per heavy atom. The Hall–Kier alpha value is -1.18. The molecule has 0 bridgehead atoms. The van der Waals surface area contributed by atoms with Crippen LogP contribution in [0.1, 0.15) is 6.92 Å². The second kappa shape index (κ2) is 7.21. The Morgan fingerprint density at radius 2 is 1.82 bits per heavy atom. The molecule has 1 aromatic heterocycles. The summed E-state index contributed by atoms with van der Waals surface area (Å²) < 4.78 is 0. The van der Waals surface area contributed by atoms with Crippen LogP contribution in [0, 0.1) is 0 Å². The first-order valence-electron chi connectivity index (χ1n) is 5.33. The largest absolute Gasteiger partial charge is 0.395 e. The molecule has 17 heavy (non-hydrogen) atoms. The quantitative estimate of drug-likeness (QED) is 0.623. The lowest BCUT2D eigenvalue weighted by atomic mass is 10.5. The molecule has 1 rings (SSSR count). The Morgan fingerprint density at radius 1 is 1.18 bits per heavy atom. The van der Waals surface area contributed by atoms with Crippen LogP contribution in [0.2, 0.25) is 5.28 Å². The molecule has 0 saturated heterocycles. The lowest BCUT2D eigenvalue weighted by Gasteiger charge is -2.20. The zero-order valence-corrected chi connectivity index (χ0v) is 10.4. The molecule has 1 heterocycles. The van der Waals surface area contributed by atoms with Crippen LogP contribution in [0.25, 0.3) is 0 Å². The first kappa shape index (κ1) is 13.9. The second-order valence-electron chi connectivity index (χ2n) is 3.19. The van der Waals surface area contributed by atoms with Crippen LogP contribution < -0.4 is 10.2 Å². The van der Waals surface area contributed by atoms with Gasteiger partial charge in [0, 0.05) is 19.6 Å². The predicted octanol–water partition coefficient (Wildman–Crippen LogP) is -0.252. The van der Waals surface area contributed by atoms with Gasteiger partial charge in [0.1, 0.15) is 0 Å². The fourth-order valence-electron chi connectivity index (χ4n) is 1.27. The summed E-state index contributed by atoms with van der Waals surface area (Å²) in [6.07, 6.45) is 0. The van der Waals surface area contributed by atoms with Gasteiger partial charge in [-0.05, 0) is 18.5 Å². The Bertz CT molecular complexity index is 346. The molecule has 0 unspecified atom stereocenters. The third kappa shape index (κ3) is 4.29. The van der Waals surface area contributed by atoms with Crippen molar-refractivity contribution in [1.29, 1.82) is 0 Å². The van der Waals surface area contributed by atoms with Gasteiger partial charge in [0.15, 0.2) is 0 Å². The molecule has 0 amide bonds. The van der Waals surface area contributed by atoms with Crippen LogP contribution in [0.4, 0.5) is 11.9 Å². The fourth-order valence-corrected chi connectivity index (χ4v) is 1.43. The Kier molecular flexibility index (Phi) is 5.88. The minimum atomic E-state index is -0.0557. The number of hydrogen-bond acceptors (Lipinski definition) is 7. The predicted molar refractivity (Wildman–Crippen MR) is 65.4 cm³/mol. The van der Waals surface area contributed by atoms with E-state index in [1.807, 2.05) is 6.92 Å². The molecule has 0 aliphatic carbocycles. The average molecular weight is 262 g/mol. The van der Waals surface area contributed by atoms with E-state index in [4.69, 9.17) is 21.8 Å². The highest BCUT2D eigenvalue weighted by molar-refractivity contribution is 6.28. The zero-order chi connectivity index (χ0) is 12.7. The third-order valence-corrected chi connectivity index (χ3v) is 2.12. The van der Waals surface area contributed by atoms with Crippen LogP contribution in [0.5, 0.6) is 0 Å². The highest BCUT2D eigenvalue weighted by Crippen LogP contribution is 2.13. The molecule has 0 saturated carbocycles. The molecule has 0 fully saturated rings. The molecule has 0 aromatic carbocycles. The Balaban J connectivity index is 2.92. The molecule has 0 aliphatic rings. The first-order chi connectivity index (χ1) is 8.21. The molecule has 8 heteroatoms. The molecule has 0 aliphatic heterocycles. The van der Waals surface area contributed by atoms with Crippen LogP contribution in [-0.4, -0.2) is 58.0 Å². The molecular weight excluding hydrogens is 246 g/mol. The number of nitrogens with zero attached hydrogens (tertiary/aromatic N) is 4. The average Bonchev–Trinajstić information content (AvgIpc) is 2.28. The number of nitrogens with one attached hydrogen (secondary N) is 1. The second-order valence-corrected chi connectivity index (χ2v) is 3.53. The maximum absolute atomic E-state index is 8.92. The lowest BCUT2D eigenvalue weighted by Crippen LogP contribution is -2.31. The van der Waals surface area contributed by atoms with Gasteiger partial charge in [-0.1, -0.05) is 0 Å². The number of hydrogen-bond donors (Lipinski definition) is 3. The summed E-state index contributed by atoms with van der Waals surface area (Å²) in [5.41, 5.74) is 0. The maximum Gasteiger partial charge on any atom is 0.231 e. The first-order valence-corrected chi connectivity index (χ1v) is 5.71. The van der Waals surface area contributed by atoms with Crippen LogP contribution in [-0.2, 0) is 0 Å².